The van der Waals surface area contributed by atoms with E-state index in [4.69, 9.17) is 0 Å². The van der Waals surface area contributed by atoms with Crippen LogP contribution >= 0.6 is 0 Å². The van der Waals surface area contributed by atoms with Crippen LogP contribution < -0.4 is 10.5 Å². The number of hydrogen-bond donors (Lipinski definition) is 8. The number of benzene rings is 1. The first-order valence-corrected chi connectivity index (χ1v) is 19.4. The Balaban J connectivity index is 1.63. The summed E-state index contributed by atoms with van der Waals surface area (Å²) in [6.45, 7) is 9.83. The van der Waals surface area contributed by atoms with Crippen molar-refractivity contribution in [3.63, 3.8) is 0 Å². The second kappa shape index (κ2) is 20.6. The van der Waals surface area contributed by atoms with Crippen LogP contribution in [0.3, 0.4) is 0 Å². The minimum atomic E-state index is -0.528. The summed E-state index contributed by atoms with van der Waals surface area (Å²) in [5, 5.41) is 71.7. The molecule has 12 heteroatoms. The summed E-state index contributed by atoms with van der Waals surface area (Å²) in [5.74, 6) is 0.0784. The molecule has 3 atom stereocenters. The lowest BCUT2D eigenvalue weighted by Crippen LogP contribution is -2.31. The van der Waals surface area contributed by atoms with E-state index >= 15 is 0 Å². The molecule has 4 rings (SSSR count). The molecule has 0 spiro atoms. The van der Waals surface area contributed by atoms with Crippen molar-refractivity contribution in [2.24, 2.45) is 5.92 Å². The van der Waals surface area contributed by atoms with Crippen LogP contribution in [-0.4, -0.2) is 66.8 Å². The van der Waals surface area contributed by atoms with Crippen molar-refractivity contribution in [2.75, 3.05) is 13.1 Å². The molecular formula is C40H62B2N4O6. The Kier molecular flexibility index (Phi) is 16.3. The zero-order chi connectivity index (χ0) is 37.6. The van der Waals surface area contributed by atoms with E-state index in [0.29, 0.717) is 42.6 Å². The predicted octanol–water partition coefficient (Wildman–Crippen LogP) is 6.75. The summed E-state index contributed by atoms with van der Waals surface area (Å²) in [6.07, 6.45) is 17.2. The van der Waals surface area contributed by atoms with Gasteiger partial charge in [-0.1, -0.05) is 87.2 Å². The Bertz CT molecular complexity index is 1590. The summed E-state index contributed by atoms with van der Waals surface area (Å²) < 4.78 is 3.27. The minimum Gasteiger partial charge on any atom is -0.494 e. The van der Waals surface area contributed by atoms with Crippen LogP contribution in [0.5, 0.6) is 23.5 Å². The monoisotopic (exact) mass is 716 g/mol. The Labute approximate surface area is 311 Å². The van der Waals surface area contributed by atoms with Gasteiger partial charge in [-0.05, 0) is 96.0 Å². The van der Waals surface area contributed by atoms with Gasteiger partial charge in [-0.2, -0.15) is 0 Å². The van der Waals surface area contributed by atoms with E-state index in [1.807, 2.05) is 37.3 Å². The van der Waals surface area contributed by atoms with Crippen molar-refractivity contribution in [1.82, 2.24) is 19.6 Å². The molecule has 1 aliphatic rings. The van der Waals surface area contributed by atoms with Crippen molar-refractivity contribution < 1.29 is 30.5 Å². The summed E-state index contributed by atoms with van der Waals surface area (Å²) >= 11 is 0. The number of nitrogens with one attached hydrogen (secondary N) is 2. The Morgan fingerprint density at radius 2 is 1.27 bits per heavy atom. The van der Waals surface area contributed by atoms with E-state index in [1.165, 1.54) is 0 Å². The fourth-order valence-electron chi connectivity index (χ4n) is 7.60. The molecule has 2 heterocycles. The first-order chi connectivity index (χ1) is 25.0. The van der Waals surface area contributed by atoms with Gasteiger partial charge in [0.1, 0.15) is 0 Å². The van der Waals surface area contributed by atoms with Crippen LogP contribution in [0.15, 0.2) is 54.6 Å². The summed E-state index contributed by atoms with van der Waals surface area (Å²) in [4.78, 5) is 0. The number of aromatic hydroxyl groups is 4. The quantitative estimate of drug-likeness (QED) is 0.0396. The smallest absolute Gasteiger partial charge is 0.373 e. The third kappa shape index (κ3) is 11.2. The number of allylic oxidation sites excluding steroid dienone is 4. The predicted molar refractivity (Wildman–Crippen MR) is 212 cm³/mol. The molecule has 52 heavy (non-hydrogen) atoms. The molecule has 1 aromatic carbocycles. The van der Waals surface area contributed by atoms with Gasteiger partial charge < -0.3 is 40.9 Å². The van der Waals surface area contributed by atoms with Gasteiger partial charge in [0.25, 0.3) is 0 Å². The number of unbranched alkanes of at least 4 members (excludes halogenated alkanes) is 6. The van der Waals surface area contributed by atoms with Crippen LogP contribution in [0.25, 0.3) is 0 Å². The lowest BCUT2D eigenvalue weighted by Gasteiger charge is -2.27. The van der Waals surface area contributed by atoms with Crippen molar-refractivity contribution >= 4 is 14.1 Å². The third-order valence-corrected chi connectivity index (χ3v) is 10.6. The highest BCUT2D eigenvalue weighted by Gasteiger charge is 2.35. The molecule has 0 radical (unpaired) electrons. The molecule has 2 aromatic heterocycles. The van der Waals surface area contributed by atoms with E-state index in [0.717, 1.165) is 82.0 Å². The number of hydrogen-bond acceptors (Lipinski definition) is 8. The minimum absolute atomic E-state index is 0.00195. The van der Waals surface area contributed by atoms with E-state index in [9.17, 15) is 30.5 Å². The first kappa shape index (κ1) is 41.2. The van der Waals surface area contributed by atoms with Crippen molar-refractivity contribution in [3.8, 4) is 23.5 Å². The number of rotatable bonds is 23. The molecule has 0 bridgehead atoms. The van der Waals surface area contributed by atoms with Crippen LogP contribution in [0.4, 0.5) is 0 Å². The summed E-state index contributed by atoms with van der Waals surface area (Å²) in [5.41, 5.74) is 3.88. The van der Waals surface area contributed by atoms with Crippen LogP contribution in [0.2, 0.25) is 13.6 Å². The summed E-state index contributed by atoms with van der Waals surface area (Å²) in [6, 6.07) is 10.2. The van der Waals surface area contributed by atoms with Gasteiger partial charge in [0.2, 0.25) is 0 Å². The Morgan fingerprint density at radius 1 is 0.712 bits per heavy atom. The highest BCUT2D eigenvalue weighted by molar-refractivity contribution is 6.45. The molecule has 1 aliphatic carbocycles. The second-order valence-corrected chi connectivity index (χ2v) is 14.7. The van der Waals surface area contributed by atoms with Crippen molar-refractivity contribution in [1.29, 1.82) is 0 Å². The van der Waals surface area contributed by atoms with E-state index in [-0.39, 0.29) is 41.3 Å². The largest absolute Gasteiger partial charge is 0.494 e. The molecule has 3 aromatic rings. The van der Waals surface area contributed by atoms with Gasteiger partial charge >= 0.3 is 14.1 Å². The average Bonchev–Trinajstić information content (AvgIpc) is 3.47. The lowest BCUT2D eigenvalue weighted by atomic mass is 9.76. The van der Waals surface area contributed by atoms with Gasteiger partial charge in [0, 0.05) is 41.3 Å². The average molecular weight is 717 g/mol. The molecule has 0 saturated carbocycles. The molecule has 0 saturated heterocycles. The molecule has 8 N–H and O–H groups in total. The Hall–Kier alpha value is -3.57. The molecule has 0 aliphatic heterocycles. The first-order valence-electron chi connectivity index (χ1n) is 19.4. The highest BCUT2D eigenvalue weighted by Crippen LogP contribution is 2.48. The second-order valence-electron chi connectivity index (χ2n) is 14.7. The lowest BCUT2D eigenvalue weighted by molar-refractivity contribution is 0.352. The zero-order valence-corrected chi connectivity index (χ0v) is 31.8. The molecule has 0 fully saturated rings. The van der Waals surface area contributed by atoms with Crippen LogP contribution in [-0.2, 0) is 25.9 Å². The molecule has 0 amide bonds. The van der Waals surface area contributed by atoms with Gasteiger partial charge in [0.05, 0.1) is 0 Å². The van der Waals surface area contributed by atoms with Gasteiger partial charge in [-0.25, -0.2) is 0 Å². The standard InChI is InChI=1S/C40H62B2N4O6/c1-29(31-19-11-9-12-20-31)27-35-36(40(50)46(39(35)49)26-18-8-6-16-24-44-42(4)52)34(32-21-13-10-14-22-32)28-33-30(2)37(47)45(38(33)48)25-17-7-5-15-23-43-41(3)51/h9-14,19-21,29,32,34,43-44,47-52H,5-8,15-18,22-28H2,1-4H3. The Morgan fingerprint density at radius 3 is 1.83 bits per heavy atom. The molecular weight excluding hydrogens is 654 g/mol. The maximum absolute atomic E-state index is 12.1. The fraction of sp³-hybridized carbons (Fsp3) is 0.550. The SMILES string of the molecule is CB(O)NCCCCCCn1c(O)c(C)c(CC(c2c(CC(C)c3ccccc3)c(O)n(CCCCCCNB(C)O)c2O)C2C=CC=CC2)c1O. The van der Waals surface area contributed by atoms with Crippen molar-refractivity contribution in [3.05, 3.63) is 82.5 Å². The van der Waals surface area contributed by atoms with Crippen LogP contribution in [0, 0.1) is 12.8 Å². The van der Waals surface area contributed by atoms with Gasteiger partial charge in [0.15, 0.2) is 23.5 Å². The number of aromatic nitrogens is 2. The van der Waals surface area contributed by atoms with Gasteiger partial charge in [-0.3, -0.25) is 9.13 Å². The van der Waals surface area contributed by atoms with E-state index in [2.05, 4.69) is 41.7 Å². The highest BCUT2D eigenvalue weighted by atomic mass is 16.3. The van der Waals surface area contributed by atoms with E-state index in [1.54, 1.807) is 22.8 Å². The van der Waals surface area contributed by atoms with Crippen LogP contribution in [0.1, 0.15) is 104 Å². The zero-order valence-electron chi connectivity index (χ0n) is 31.8. The van der Waals surface area contributed by atoms with Gasteiger partial charge in [-0.15, -0.1) is 0 Å². The molecule has 10 nitrogen and oxygen atoms in total. The maximum atomic E-state index is 12.1. The summed E-state index contributed by atoms with van der Waals surface area (Å²) in [7, 11) is -1.05. The molecule has 3 unspecified atom stereocenters. The third-order valence-electron chi connectivity index (χ3n) is 10.6. The topological polar surface area (TPSA) is 155 Å². The van der Waals surface area contributed by atoms with Crippen molar-refractivity contribution in [2.45, 2.75) is 123 Å². The fourth-order valence-corrected chi connectivity index (χ4v) is 7.60. The maximum Gasteiger partial charge on any atom is 0.373 e. The normalized spacial score (nSPS) is 15.3. The number of nitrogens with zero attached hydrogens (tertiary/aromatic N) is 2. The molecule has 284 valence electrons. The van der Waals surface area contributed by atoms with E-state index < -0.39 is 14.1 Å².